The van der Waals surface area contributed by atoms with Crippen LogP contribution in [0.4, 0.5) is 5.88 Å². The van der Waals surface area contributed by atoms with E-state index in [4.69, 9.17) is 15.2 Å². The smallest absolute Gasteiger partial charge is 0.222 e. The van der Waals surface area contributed by atoms with Crippen LogP contribution in [0.1, 0.15) is 24.1 Å². The molecule has 0 bridgehead atoms. The van der Waals surface area contributed by atoms with Crippen molar-refractivity contribution in [1.29, 1.82) is 0 Å². The molecular formula is C22H18N4O. The van der Waals surface area contributed by atoms with Gasteiger partial charge in [-0.15, -0.1) is 0 Å². The molecule has 2 aromatic carbocycles. The Morgan fingerprint density at radius 2 is 1.85 bits per heavy atom. The van der Waals surface area contributed by atoms with Crippen LogP contribution in [-0.2, 0) is 0 Å². The van der Waals surface area contributed by atoms with Gasteiger partial charge in [-0.1, -0.05) is 60.6 Å². The molecule has 0 aliphatic rings. The van der Waals surface area contributed by atoms with Gasteiger partial charge in [0.1, 0.15) is 5.65 Å². The highest BCUT2D eigenvalue weighted by Crippen LogP contribution is 2.28. The summed E-state index contributed by atoms with van der Waals surface area (Å²) in [5.41, 5.74) is 10.6. The number of nitrogens with two attached hydrogens (primary N) is 1. The van der Waals surface area contributed by atoms with Crippen LogP contribution in [0.3, 0.4) is 0 Å². The summed E-state index contributed by atoms with van der Waals surface area (Å²) in [6, 6.07) is 20.6. The summed E-state index contributed by atoms with van der Waals surface area (Å²) in [5.74, 6) is 0.454. The topological polar surface area (TPSA) is 69.3 Å². The average molecular weight is 354 g/mol. The number of rotatable bonds is 3. The second-order valence-corrected chi connectivity index (χ2v) is 6.76. The predicted molar refractivity (Wildman–Crippen MR) is 107 cm³/mol. The third-order valence-electron chi connectivity index (χ3n) is 5.05. The molecular weight excluding hydrogens is 336 g/mol. The Hall–Kier alpha value is -3.60. The molecule has 132 valence electrons. The van der Waals surface area contributed by atoms with Gasteiger partial charge in [0, 0.05) is 35.3 Å². The summed E-state index contributed by atoms with van der Waals surface area (Å²) in [5, 5.41) is 6.36. The minimum absolute atomic E-state index is 0.116. The van der Waals surface area contributed by atoms with E-state index in [1.807, 2.05) is 12.1 Å². The van der Waals surface area contributed by atoms with Crippen molar-refractivity contribution in [3.8, 4) is 11.3 Å². The zero-order valence-electron chi connectivity index (χ0n) is 14.8. The van der Waals surface area contributed by atoms with Gasteiger partial charge in [0.05, 0.1) is 11.4 Å². The molecule has 1 unspecified atom stereocenters. The molecule has 0 amide bonds. The second kappa shape index (κ2) is 5.99. The van der Waals surface area contributed by atoms with Gasteiger partial charge >= 0.3 is 0 Å². The van der Waals surface area contributed by atoms with Crippen LogP contribution in [0.15, 0.2) is 77.6 Å². The van der Waals surface area contributed by atoms with E-state index in [0.717, 1.165) is 33.5 Å². The summed E-state index contributed by atoms with van der Waals surface area (Å²) in [7, 11) is 0. The fraction of sp³-hybridized carbons (Fsp3) is 0.0909. The fourth-order valence-corrected chi connectivity index (χ4v) is 3.47. The third-order valence-corrected chi connectivity index (χ3v) is 5.05. The lowest BCUT2D eigenvalue weighted by Gasteiger charge is -2.08. The van der Waals surface area contributed by atoms with E-state index in [1.165, 1.54) is 5.39 Å². The van der Waals surface area contributed by atoms with Gasteiger partial charge in [-0.2, -0.15) is 0 Å². The van der Waals surface area contributed by atoms with Crippen LogP contribution in [-0.4, -0.2) is 14.5 Å². The number of hydrogen-bond acceptors (Lipinski definition) is 4. The molecule has 27 heavy (non-hydrogen) atoms. The Labute approximate surface area is 156 Å². The standard InChI is InChI=1S/C22H18N4O/c1-14(19-12-21(23)27-25-19)15-6-8-17(9-7-15)20-13-26-11-10-16-4-2-3-5-18(16)22(26)24-20/h2-14H,23H2,1H3. The van der Waals surface area contributed by atoms with Crippen LogP contribution in [0, 0.1) is 0 Å². The van der Waals surface area contributed by atoms with E-state index in [-0.39, 0.29) is 5.92 Å². The van der Waals surface area contributed by atoms with Crippen LogP contribution < -0.4 is 5.73 Å². The fourth-order valence-electron chi connectivity index (χ4n) is 3.47. The van der Waals surface area contributed by atoms with Crippen molar-refractivity contribution in [2.45, 2.75) is 12.8 Å². The van der Waals surface area contributed by atoms with Crippen molar-refractivity contribution >= 4 is 22.3 Å². The van der Waals surface area contributed by atoms with E-state index < -0.39 is 0 Å². The summed E-state index contributed by atoms with van der Waals surface area (Å²) >= 11 is 0. The van der Waals surface area contributed by atoms with E-state index in [9.17, 15) is 0 Å². The molecule has 3 heterocycles. The maximum absolute atomic E-state index is 5.63. The van der Waals surface area contributed by atoms with E-state index in [1.54, 1.807) is 6.07 Å². The van der Waals surface area contributed by atoms with Gasteiger partial charge in [0.2, 0.25) is 5.88 Å². The van der Waals surface area contributed by atoms with Gasteiger partial charge in [-0.3, -0.25) is 0 Å². The first-order valence-corrected chi connectivity index (χ1v) is 8.88. The number of imidazole rings is 1. The van der Waals surface area contributed by atoms with Crippen molar-refractivity contribution < 1.29 is 4.52 Å². The van der Waals surface area contributed by atoms with Crippen molar-refractivity contribution in [2.24, 2.45) is 0 Å². The molecule has 5 heteroatoms. The molecule has 1 atom stereocenters. The minimum Gasteiger partial charge on any atom is -0.368 e. The average Bonchev–Trinajstić information content (AvgIpc) is 3.34. The largest absolute Gasteiger partial charge is 0.368 e. The Morgan fingerprint density at radius 1 is 1.04 bits per heavy atom. The number of benzene rings is 2. The molecule has 0 saturated carbocycles. The maximum atomic E-state index is 5.63. The molecule has 0 spiro atoms. The Bertz CT molecular complexity index is 1250. The highest BCUT2D eigenvalue weighted by molar-refractivity contribution is 5.94. The Morgan fingerprint density at radius 3 is 2.63 bits per heavy atom. The first-order valence-electron chi connectivity index (χ1n) is 8.88. The number of anilines is 1. The second-order valence-electron chi connectivity index (χ2n) is 6.76. The van der Waals surface area contributed by atoms with Gasteiger partial charge < -0.3 is 14.7 Å². The molecule has 3 aromatic heterocycles. The highest BCUT2D eigenvalue weighted by Gasteiger charge is 2.14. The van der Waals surface area contributed by atoms with Crippen molar-refractivity contribution in [2.75, 3.05) is 5.73 Å². The molecule has 5 aromatic rings. The molecule has 5 rings (SSSR count). The number of pyridine rings is 1. The van der Waals surface area contributed by atoms with Gasteiger partial charge in [-0.25, -0.2) is 4.98 Å². The Kier molecular flexibility index (Phi) is 3.47. The zero-order valence-corrected chi connectivity index (χ0v) is 14.8. The maximum Gasteiger partial charge on any atom is 0.222 e. The molecule has 0 aliphatic heterocycles. The lowest BCUT2D eigenvalue weighted by atomic mass is 9.96. The van der Waals surface area contributed by atoms with Crippen LogP contribution in [0.2, 0.25) is 0 Å². The quantitative estimate of drug-likeness (QED) is 0.501. The van der Waals surface area contributed by atoms with Crippen molar-refractivity contribution in [3.63, 3.8) is 0 Å². The first kappa shape index (κ1) is 15.6. The summed E-state index contributed by atoms with van der Waals surface area (Å²) in [6.45, 7) is 2.09. The number of fused-ring (bicyclic) bond motifs is 3. The lowest BCUT2D eigenvalue weighted by molar-refractivity contribution is 0.425. The summed E-state index contributed by atoms with van der Waals surface area (Å²) < 4.78 is 7.06. The molecule has 0 radical (unpaired) electrons. The number of aromatic nitrogens is 3. The molecule has 0 aliphatic carbocycles. The highest BCUT2D eigenvalue weighted by atomic mass is 16.5. The SMILES string of the molecule is CC(c1ccc(-c2cn3ccc4ccccc4c3n2)cc1)c1cc(N)on1. The first-order chi connectivity index (χ1) is 13.2. The minimum atomic E-state index is 0.116. The zero-order chi connectivity index (χ0) is 18.4. The number of nitrogens with zero attached hydrogens (tertiary/aromatic N) is 3. The van der Waals surface area contributed by atoms with Crippen molar-refractivity contribution in [1.82, 2.24) is 14.5 Å². The van der Waals surface area contributed by atoms with Crippen LogP contribution in [0.5, 0.6) is 0 Å². The van der Waals surface area contributed by atoms with Gasteiger partial charge in [0.25, 0.3) is 0 Å². The third kappa shape index (κ3) is 2.64. The van der Waals surface area contributed by atoms with Gasteiger partial charge in [0.15, 0.2) is 0 Å². The van der Waals surface area contributed by atoms with E-state index >= 15 is 0 Å². The molecule has 2 N–H and O–H groups in total. The van der Waals surface area contributed by atoms with E-state index in [2.05, 4.69) is 71.3 Å². The van der Waals surface area contributed by atoms with Crippen LogP contribution in [0.25, 0.3) is 27.7 Å². The monoisotopic (exact) mass is 354 g/mol. The van der Waals surface area contributed by atoms with Gasteiger partial charge in [-0.05, 0) is 17.0 Å². The number of hydrogen-bond donors (Lipinski definition) is 1. The van der Waals surface area contributed by atoms with Crippen LogP contribution >= 0.6 is 0 Å². The Balaban J connectivity index is 1.52. The van der Waals surface area contributed by atoms with E-state index in [0.29, 0.717) is 5.88 Å². The summed E-state index contributed by atoms with van der Waals surface area (Å²) in [6.07, 6.45) is 4.12. The molecule has 0 saturated heterocycles. The summed E-state index contributed by atoms with van der Waals surface area (Å²) in [4.78, 5) is 4.87. The van der Waals surface area contributed by atoms with Crippen molar-refractivity contribution in [3.05, 3.63) is 84.3 Å². The molecule has 0 fully saturated rings. The number of nitrogen functional groups attached to an aromatic ring is 1. The lowest BCUT2D eigenvalue weighted by Crippen LogP contribution is -1.96. The predicted octanol–water partition coefficient (Wildman–Crippen LogP) is 4.88. The molecule has 5 nitrogen and oxygen atoms in total. The normalized spacial score (nSPS) is 12.6.